The first-order valence-electron chi connectivity index (χ1n) is 8.30. The van der Waals surface area contributed by atoms with Crippen LogP contribution in [0.15, 0.2) is 47.1 Å². The molecule has 0 aromatic rings. The summed E-state index contributed by atoms with van der Waals surface area (Å²) in [5.74, 6) is 0.560. The van der Waals surface area contributed by atoms with Crippen molar-refractivity contribution in [2.45, 2.75) is 60.3 Å². The Bertz CT molecular complexity index is 446. The molecule has 1 unspecified atom stereocenters. The van der Waals surface area contributed by atoms with Crippen molar-refractivity contribution in [2.24, 2.45) is 17.1 Å². The minimum Gasteiger partial charge on any atom is -0.330 e. The average Bonchev–Trinajstić information content (AvgIpc) is 2.37. The van der Waals surface area contributed by atoms with Gasteiger partial charge in [-0.05, 0) is 63.0 Å². The van der Waals surface area contributed by atoms with E-state index in [9.17, 15) is 0 Å². The molecule has 1 atom stereocenters. The van der Waals surface area contributed by atoms with Gasteiger partial charge in [0.15, 0.2) is 0 Å². The van der Waals surface area contributed by atoms with Crippen LogP contribution in [0, 0.1) is 11.3 Å². The molecule has 1 nitrogen and oxygen atoms in total. The summed E-state index contributed by atoms with van der Waals surface area (Å²) in [5, 5.41) is 0. The number of nitrogens with two attached hydrogens (primary N) is 1. The summed E-state index contributed by atoms with van der Waals surface area (Å²) in [6, 6.07) is 0. The highest BCUT2D eigenvalue weighted by Gasteiger charge is 2.26. The van der Waals surface area contributed by atoms with E-state index in [4.69, 9.17) is 5.73 Å². The number of hydrogen-bond donors (Lipinski definition) is 1. The highest BCUT2D eigenvalue weighted by Crippen LogP contribution is 2.40. The van der Waals surface area contributed by atoms with Gasteiger partial charge in [-0.25, -0.2) is 0 Å². The van der Waals surface area contributed by atoms with Gasteiger partial charge in [0.25, 0.3) is 0 Å². The van der Waals surface area contributed by atoms with Crippen molar-refractivity contribution >= 4 is 0 Å². The van der Waals surface area contributed by atoms with Crippen LogP contribution in [0.3, 0.4) is 0 Å². The van der Waals surface area contributed by atoms with E-state index in [-0.39, 0.29) is 0 Å². The number of rotatable bonds is 6. The number of hydrogen-bond acceptors (Lipinski definition) is 1. The summed E-state index contributed by atoms with van der Waals surface area (Å²) in [5.41, 5.74) is 10.3. The molecule has 0 aromatic heterocycles. The van der Waals surface area contributed by atoms with Crippen molar-refractivity contribution < 1.29 is 0 Å². The molecule has 0 fully saturated rings. The lowest BCUT2D eigenvalue weighted by Crippen LogP contribution is -2.19. The van der Waals surface area contributed by atoms with Gasteiger partial charge in [-0.15, -0.1) is 0 Å². The predicted molar refractivity (Wildman–Crippen MR) is 95.2 cm³/mol. The topological polar surface area (TPSA) is 26.0 Å². The molecule has 0 radical (unpaired) electrons. The second kappa shape index (κ2) is 8.38. The van der Waals surface area contributed by atoms with E-state index < -0.39 is 0 Å². The minimum absolute atomic E-state index is 0.324. The fourth-order valence-corrected chi connectivity index (χ4v) is 3.04. The van der Waals surface area contributed by atoms with Gasteiger partial charge in [0, 0.05) is 0 Å². The maximum Gasteiger partial charge on any atom is -0.00718 e. The molecule has 118 valence electrons. The van der Waals surface area contributed by atoms with Crippen LogP contribution in [0.5, 0.6) is 0 Å². The molecular weight excluding hydrogens is 254 g/mol. The monoisotopic (exact) mass is 287 g/mol. The zero-order chi connectivity index (χ0) is 15.9. The second-order valence-corrected chi connectivity index (χ2v) is 7.11. The van der Waals surface area contributed by atoms with Gasteiger partial charge in [-0.3, -0.25) is 0 Å². The van der Waals surface area contributed by atoms with Crippen LogP contribution in [0.25, 0.3) is 0 Å². The van der Waals surface area contributed by atoms with Gasteiger partial charge in [-0.1, -0.05) is 62.3 Å². The van der Waals surface area contributed by atoms with Crippen molar-refractivity contribution in [1.29, 1.82) is 0 Å². The van der Waals surface area contributed by atoms with Crippen LogP contribution in [0.2, 0.25) is 0 Å². The molecule has 0 amide bonds. The Labute approximate surface area is 131 Å². The summed E-state index contributed by atoms with van der Waals surface area (Å²) >= 11 is 0. The molecule has 1 aliphatic rings. The molecule has 1 heteroatoms. The molecule has 21 heavy (non-hydrogen) atoms. The van der Waals surface area contributed by atoms with E-state index in [0.717, 1.165) is 13.0 Å². The standard InChI is InChI=1S/C20H33N/c1-16(8-6-9-17(2)13-15-21)11-12-19-18(3)10-7-14-20(19,4)5/h6,8-9,11-12,17H,7,10,13-15,21H2,1-5H3/b9-6-,12-11+,16-8+. The van der Waals surface area contributed by atoms with E-state index >= 15 is 0 Å². The molecule has 2 N–H and O–H groups in total. The summed E-state index contributed by atoms with van der Waals surface area (Å²) in [4.78, 5) is 0. The summed E-state index contributed by atoms with van der Waals surface area (Å²) < 4.78 is 0. The maximum absolute atomic E-state index is 5.56. The quantitative estimate of drug-likeness (QED) is 0.636. The third kappa shape index (κ3) is 6.05. The Balaban J connectivity index is 2.71. The van der Waals surface area contributed by atoms with E-state index in [1.807, 2.05) is 0 Å². The SMILES string of the molecule is CC1=C(/C=C/C(C)=C/C=C\C(C)CCN)C(C)(C)CCC1. The first-order chi connectivity index (χ1) is 9.86. The van der Waals surface area contributed by atoms with Crippen molar-refractivity contribution in [3.8, 4) is 0 Å². The van der Waals surface area contributed by atoms with Crippen LogP contribution >= 0.6 is 0 Å². The molecule has 0 bridgehead atoms. The molecule has 0 aromatic carbocycles. The van der Waals surface area contributed by atoms with Gasteiger partial charge < -0.3 is 5.73 Å². The first kappa shape index (κ1) is 18.0. The van der Waals surface area contributed by atoms with Gasteiger partial charge in [0.05, 0.1) is 0 Å². The van der Waals surface area contributed by atoms with Crippen molar-refractivity contribution in [1.82, 2.24) is 0 Å². The summed E-state index contributed by atoms with van der Waals surface area (Å²) in [6.07, 6.45) is 16.1. The molecule has 0 heterocycles. The van der Waals surface area contributed by atoms with Crippen LogP contribution < -0.4 is 5.73 Å². The van der Waals surface area contributed by atoms with Gasteiger partial charge >= 0.3 is 0 Å². The van der Waals surface area contributed by atoms with E-state index in [0.29, 0.717) is 11.3 Å². The highest BCUT2D eigenvalue weighted by atomic mass is 14.5. The van der Waals surface area contributed by atoms with Gasteiger partial charge in [0.2, 0.25) is 0 Å². The molecular formula is C20H33N. The molecule has 0 saturated heterocycles. The zero-order valence-electron chi connectivity index (χ0n) is 14.6. The Hall–Kier alpha value is -1.08. The number of allylic oxidation sites excluding steroid dienone is 8. The predicted octanol–water partition coefficient (Wildman–Crippen LogP) is 5.56. The highest BCUT2D eigenvalue weighted by molar-refractivity contribution is 5.36. The summed E-state index contributed by atoms with van der Waals surface area (Å²) in [6.45, 7) is 12.2. The van der Waals surface area contributed by atoms with E-state index in [1.165, 1.54) is 30.4 Å². The molecule has 1 rings (SSSR count). The smallest absolute Gasteiger partial charge is 0.00718 e. The van der Waals surface area contributed by atoms with Crippen LogP contribution in [-0.2, 0) is 0 Å². The van der Waals surface area contributed by atoms with Crippen molar-refractivity contribution in [2.75, 3.05) is 6.54 Å². The molecule has 0 saturated carbocycles. The lowest BCUT2D eigenvalue weighted by atomic mass is 9.72. The normalized spacial score (nSPS) is 21.5. The van der Waals surface area contributed by atoms with Crippen LogP contribution in [0.1, 0.15) is 60.3 Å². The maximum atomic E-state index is 5.56. The lowest BCUT2D eigenvalue weighted by Gasteiger charge is -2.32. The van der Waals surface area contributed by atoms with E-state index in [2.05, 4.69) is 65.0 Å². The minimum atomic E-state index is 0.324. The van der Waals surface area contributed by atoms with Crippen molar-refractivity contribution in [3.05, 3.63) is 47.1 Å². The Morgan fingerprint density at radius 2 is 2.10 bits per heavy atom. The van der Waals surface area contributed by atoms with Gasteiger partial charge in [0.1, 0.15) is 0 Å². The van der Waals surface area contributed by atoms with Gasteiger partial charge in [-0.2, -0.15) is 0 Å². The second-order valence-electron chi connectivity index (χ2n) is 7.11. The largest absolute Gasteiger partial charge is 0.330 e. The third-order valence-corrected chi connectivity index (χ3v) is 4.48. The Morgan fingerprint density at radius 3 is 2.71 bits per heavy atom. The molecule has 1 aliphatic carbocycles. The van der Waals surface area contributed by atoms with E-state index in [1.54, 1.807) is 5.57 Å². The van der Waals surface area contributed by atoms with Crippen LogP contribution in [-0.4, -0.2) is 6.54 Å². The fourth-order valence-electron chi connectivity index (χ4n) is 3.04. The van der Waals surface area contributed by atoms with Crippen molar-refractivity contribution in [3.63, 3.8) is 0 Å². The summed E-state index contributed by atoms with van der Waals surface area (Å²) in [7, 11) is 0. The fraction of sp³-hybridized carbons (Fsp3) is 0.600. The Morgan fingerprint density at radius 1 is 1.38 bits per heavy atom. The third-order valence-electron chi connectivity index (χ3n) is 4.48. The first-order valence-corrected chi connectivity index (χ1v) is 8.30. The lowest BCUT2D eigenvalue weighted by molar-refractivity contribution is 0.377. The Kier molecular flexibility index (Phi) is 7.17. The molecule has 0 spiro atoms. The molecule has 0 aliphatic heterocycles. The average molecular weight is 287 g/mol. The zero-order valence-corrected chi connectivity index (χ0v) is 14.6. The van der Waals surface area contributed by atoms with Crippen LogP contribution in [0.4, 0.5) is 0 Å².